The first kappa shape index (κ1) is 20.9. The quantitative estimate of drug-likeness (QED) is 0.126. The van der Waals surface area contributed by atoms with Crippen LogP contribution in [0.1, 0.15) is 32.6 Å². The molecule has 1 aromatic carbocycles. The molecule has 2 amide bonds. The van der Waals surface area contributed by atoms with Crippen LogP contribution in [-0.2, 0) is 9.59 Å². The number of hydrogen-bond acceptors (Lipinski definition) is 5. The van der Waals surface area contributed by atoms with Crippen LogP contribution in [0.3, 0.4) is 0 Å². The van der Waals surface area contributed by atoms with Crippen LogP contribution in [0.15, 0.2) is 41.7 Å². The number of benzene rings is 1. The highest BCUT2D eigenvalue weighted by Crippen LogP contribution is 2.29. The van der Waals surface area contributed by atoms with Gasteiger partial charge in [0, 0.05) is 24.6 Å². The first-order chi connectivity index (χ1) is 13.0. The number of carbonyl (C=O) groups excluding carboxylic acids is 2. The molecule has 0 aliphatic heterocycles. The van der Waals surface area contributed by atoms with Crippen LogP contribution in [0.25, 0.3) is 0 Å². The van der Waals surface area contributed by atoms with Gasteiger partial charge in [-0.3, -0.25) is 20.3 Å². The van der Waals surface area contributed by atoms with Gasteiger partial charge in [-0.2, -0.15) is 0 Å². The molecule has 1 fully saturated rings. The zero-order valence-electron chi connectivity index (χ0n) is 15.9. The third-order valence-electron chi connectivity index (χ3n) is 5.04. The molecule has 0 bridgehead atoms. The largest absolute Gasteiger partial charge is 0.390 e. The molecule has 8 heteroatoms. The number of amides is 2. The summed E-state index contributed by atoms with van der Waals surface area (Å²) >= 11 is 0. The average molecular weight is 376 g/mol. The molecule has 0 radical (unpaired) electrons. The Morgan fingerprint density at radius 1 is 1.19 bits per heavy atom. The maximum Gasteiger partial charge on any atom is 0.237 e. The second-order valence-electron chi connectivity index (χ2n) is 6.87. The molecule has 0 spiro atoms. The van der Waals surface area contributed by atoms with Gasteiger partial charge >= 0.3 is 0 Å². The van der Waals surface area contributed by atoms with E-state index in [1.54, 1.807) is 19.3 Å². The van der Waals surface area contributed by atoms with Gasteiger partial charge in [-0.1, -0.05) is 24.6 Å². The van der Waals surface area contributed by atoms with E-state index in [9.17, 15) is 14.7 Å². The number of quaternary nitrogens is 1. The van der Waals surface area contributed by atoms with Crippen molar-refractivity contribution in [2.24, 2.45) is 17.7 Å². The normalized spacial score (nSPS) is 21.6. The number of hydrazine groups is 1. The Balaban J connectivity index is 2.07. The summed E-state index contributed by atoms with van der Waals surface area (Å²) in [7, 11) is 1.74. The fourth-order valence-electron chi connectivity index (χ4n) is 3.37. The van der Waals surface area contributed by atoms with Gasteiger partial charge in [0.05, 0.1) is 0 Å². The Morgan fingerprint density at radius 3 is 2.41 bits per heavy atom. The molecule has 148 valence electrons. The van der Waals surface area contributed by atoms with Crippen molar-refractivity contribution in [3.63, 3.8) is 0 Å². The molecule has 1 aliphatic rings. The summed E-state index contributed by atoms with van der Waals surface area (Å²) < 4.78 is 0. The van der Waals surface area contributed by atoms with Gasteiger partial charge < -0.3 is 15.7 Å². The Kier molecular flexibility index (Phi) is 7.78. The van der Waals surface area contributed by atoms with Crippen LogP contribution in [-0.4, -0.2) is 30.2 Å². The topological polar surface area (TPSA) is 133 Å². The lowest BCUT2D eigenvalue weighted by atomic mass is 9.80. The molecular weight excluding hydrogens is 346 g/mol. The minimum absolute atomic E-state index is 0.186. The number of aliphatic hydroxyl groups is 1. The Morgan fingerprint density at radius 2 is 1.81 bits per heavy atom. The van der Waals surface area contributed by atoms with E-state index in [1.165, 1.54) is 0 Å². The first-order valence-electron chi connectivity index (χ1n) is 9.24. The fourth-order valence-corrected chi connectivity index (χ4v) is 3.37. The summed E-state index contributed by atoms with van der Waals surface area (Å²) in [6.07, 6.45) is 1.73. The molecule has 8 nitrogen and oxygen atoms in total. The van der Waals surface area contributed by atoms with E-state index in [-0.39, 0.29) is 23.7 Å². The molecule has 1 aliphatic carbocycles. The van der Waals surface area contributed by atoms with E-state index in [0.717, 1.165) is 18.5 Å². The molecule has 3 atom stereocenters. The average Bonchev–Trinajstić information content (AvgIpc) is 2.71. The van der Waals surface area contributed by atoms with Crippen molar-refractivity contribution >= 4 is 17.5 Å². The zero-order valence-corrected chi connectivity index (χ0v) is 15.9. The number of hydrogen-bond donors (Lipinski definition) is 6. The molecule has 0 aromatic heterocycles. The van der Waals surface area contributed by atoms with Gasteiger partial charge in [-0.15, -0.1) is 0 Å². The molecular formula is C19H30N5O3+. The molecule has 1 saturated carbocycles. The van der Waals surface area contributed by atoms with Crippen molar-refractivity contribution in [2.45, 2.75) is 38.8 Å². The molecule has 0 saturated heterocycles. The van der Waals surface area contributed by atoms with E-state index in [0.29, 0.717) is 24.2 Å². The highest BCUT2D eigenvalue weighted by molar-refractivity contribution is 5.83. The summed E-state index contributed by atoms with van der Waals surface area (Å²) in [6, 6.07) is 9.44. The summed E-state index contributed by atoms with van der Waals surface area (Å²) in [5.41, 5.74) is 4.12. The van der Waals surface area contributed by atoms with Crippen molar-refractivity contribution in [1.29, 1.82) is 0 Å². The maximum absolute atomic E-state index is 12.8. The van der Waals surface area contributed by atoms with Crippen molar-refractivity contribution in [3.8, 4) is 0 Å². The number of rotatable bonds is 7. The molecule has 27 heavy (non-hydrogen) atoms. The first-order valence-corrected chi connectivity index (χ1v) is 9.24. The minimum Gasteiger partial charge on any atom is -0.390 e. The maximum atomic E-state index is 12.8. The number of aliphatic hydroxyl groups excluding tert-OH is 1. The van der Waals surface area contributed by atoms with E-state index < -0.39 is 6.23 Å². The van der Waals surface area contributed by atoms with Crippen LogP contribution in [0.5, 0.6) is 0 Å². The fraction of sp³-hybridized carbons (Fsp3) is 0.474. The Hall–Kier alpha value is -2.42. The predicted molar refractivity (Wildman–Crippen MR) is 102 cm³/mol. The van der Waals surface area contributed by atoms with E-state index in [4.69, 9.17) is 5.84 Å². The zero-order chi connectivity index (χ0) is 19.8. The third kappa shape index (κ3) is 5.78. The van der Waals surface area contributed by atoms with Gasteiger partial charge in [0.2, 0.25) is 18.0 Å². The minimum atomic E-state index is -0.962. The van der Waals surface area contributed by atoms with Gasteiger partial charge in [-0.05, 0) is 38.3 Å². The van der Waals surface area contributed by atoms with Crippen molar-refractivity contribution in [1.82, 2.24) is 16.1 Å². The number of allylic oxidation sites excluding steroid dienone is 1. The van der Waals surface area contributed by atoms with Crippen LogP contribution < -0.4 is 27.2 Å². The lowest BCUT2D eigenvalue weighted by Gasteiger charge is -2.28. The number of para-hydroxylation sites is 1. The van der Waals surface area contributed by atoms with Gasteiger partial charge in [0.1, 0.15) is 11.4 Å². The molecule has 8 N–H and O–H groups in total. The summed E-state index contributed by atoms with van der Waals surface area (Å²) in [5.74, 6) is 4.27. The molecule has 1 aromatic rings. The van der Waals surface area contributed by atoms with E-state index >= 15 is 0 Å². The molecule has 0 heterocycles. The standard InChI is InChI=1S/C19H29N5O3/c1-12(21-2)16(19(27)22-15-9-4-3-5-10-15)23-17(25)13-7-6-8-14(11-13)18(26)24-20/h3-5,9-10,13-14,19,21-22,27H,6-8,11,20H2,1-2H3,(H,23,25)(H,24,26)/p+1/b16-12+. The van der Waals surface area contributed by atoms with Crippen LogP contribution >= 0.6 is 0 Å². The summed E-state index contributed by atoms with van der Waals surface area (Å²) in [4.78, 5) is 24.6. The Bertz CT molecular complexity index is 677. The van der Waals surface area contributed by atoms with E-state index in [1.807, 2.05) is 30.3 Å². The second kappa shape index (κ2) is 10.1. The van der Waals surface area contributed by atoms with Crippen LogP contribution in [0, 0.1) is 11.8 Å². The highest BCUT2D eigenvalue weighted by Gasteiger charge is 2.32. The third-order valence-corrected chi connectivity index (χ3v) is 5.04. The lowest BCUT2D eigenvalue weighted by molar-refractivity contribution is -0.642. The summed E-state index contributed by atoms with van der Waals surface area (Å²) in [6.45, 7) is 1.79. The van der Waals surface area contributed by atoms with Crippen molar-refractivity contribution in [2.75, 3.05) is 7.05 Å². The van der Waals surface area contributed by atoms with Crippen molar-refractivity contribution < 1.29 is 20.0 Å². The SMILES string of the molecule is CN/C(C)=C(/NC(=O)C1CCCC(C(=O)NN)C1)C(O)[NH2+]c1ccccc1. The Labute approximate surface area is 159 Å². The van der Waals surface area contributed by atoms with Crippen molar-refractivity contribution in [3.05, 3.63) is 41.7 Å². The summed E-state index contributed by atoms with van der Waals surface area (Å²) in [5, 5.41) is 18.2. The molecule has 2 rings (SSSR count). The van der Waals surface area contributed by atoms with Gasteiger partial charge in [0.25, 0.3) is 0 Å². The van der Waals surface area contributed by atoms with Gasteiger partial charge in [-0.25, -0.2) is 5.84 Å². The molecule has 3 unspecified atom stereocenters. The van der Waals surface area contributed by atoms with Crippen LogP contribution in [0.2, 0.25) is 0 Å². The van der Waals surface area contributed by atoms with E-state index in [2.05, 4.69) is 16.1 Å². The predicted octanol–water partition coefficient (Wildman–Crippen LogP) is -0.437. The number of nitrogens with one attached hydrogen (secondary N) is 3. The lowest BCUT2D eigenvalue weighted by Crippen LogP contribution is -2.86. The van der Waals surface area contributed by atoms with Crippen LogP contribution in [0.4, 0.5) is 5.69 Å². The number of nitrogens with two attached hydrogens (primary N) is 2. The smallest absolute Gasteiger partial charge is 0.237 e. The van der Waals surface area contributed by atoms with Gasteiger partial charge in [0.15, 0.2) is 0 Å². The highest BCUT2D eigenvalue weighted by atomic mass is 16.3. The monoisotopic (exact) mass is 376 g/mol. The number of carbonyl (C=O) groups is 2. The second-order valence-corrected chi connectivity index (χ2v) is 6.87.